The lowest BCUT2D eigenvalue weighted by Gasteiger charge is -2.42. The highest BCUT2D eigenvalue weighted by atomic mass is 16.5. The van der Waals surface area contributed by atoms with Gasteiger partial charge in [0, 0.05) is 5.41 Å². The second-order valence-electron chi connectivity index (χ2n) is 8.47. The Bertz CT molecular complexity index is 1370. The predicted molar refractivity (Wildman–Crippen MR) is 132 cm³/mol. The van der Waals surface area contributed by atoms with E-state index in [0.29, 0.717) is 22.9 Å². The summed E-state index contributed by atoms with van der Waals surface area (Å²) >= 11 is 0. The average molecular weight is 428 g/mol. The maximum atomic E-state index is 7.35. The van der Waals surface area contributed by atoms with Crippen molar-refractivity contribution >= 4 is 28.4 Å². The average Bonchev–Trinajstić information content (AvgIpc) is 2.85. The molecule has 0 radical (unpaired) electrons. The number of nitrogens with zero attached hydrogens (tertiary/aromatic N) is 3. The van der Waals surface area contributed by atoms with Crippen LogP contribution in [0, 0.1) is 13.1 Å². The van der Waals surface area contributed by atoms with Crippen molar-refractivity contribution < 1.29 is 4.74 Å². The van der Waals surface area contributed by atoms with Gasteiger partial charge in [-0.1, -0.05) is 68.4 Å². The smallest absolute Gasteiger partial charge is 0.180 e. The summed E-state index contributed by atoms with van der Waals surface area (Å²) in [5.74, 6) is 1.13. The summed E-state index contributed by atoms with van der Waals surface area (Å²) in [6, 6.07) is 29.7. The third kappa shape index (κ3) is 3.39. The number of fused-ring (bicyclic) bond motifs is 2. The highest BCUT2D eigenvalue weighted by molar-refractivity contribution is 5.88. The zero-order valence-corrected chi connectivity index (χ0v) is 18.4. The van der Waals surface area contributed by atoms with Gasteiger partial charge < -0.3 is 9.64 Å². The lowest BCUT2D eigenvalue weighted by atomic mass is 9.73. The molecule has 4 aromatic rings. The van der Waals surface area contributed by atoms with Crippen molar-refractivity contribution in [3.63, 3.8) is 0 Å². The summed E-state index contributed by atoms with van der Waals surface area (Å²) in [5.41, 5.74) is 6.20. The molecule has 0 aromatic heterocycles. The zero-order valence-electron chi connectivity index (χ0n) is 18.4. The molecule has 4 heteroatoms. The van der Waals surface area contributed by atoms with Gasteiger partial charge in [-0.05, 0) is 47.5 Å². The highest BCUT2D eigenvalue weighted by Gasteiger charge is 2.37. The first-order valence-corrected chi connectivity index (χ1v) is 10.7. The van der Waals surface area contributed by atoms with E-state index in [1.807, 2.05) is 24.3 Å². The summed E-state index contributed by atoms with van der Waals surface area (Å²) in [6.07, 6.45) is 0. The molecule has 1 aliphatic heterocycles. The minimum Gasteiger partial charge on any atom is -0.458 e. The first-order valence-electron chi connectivity index (χ1n) is 10.7. The van der Waals surface area contributed by atoms with E-state index in [4.69, 9.17) is 17.9 Å². The van der Waals surface area contributed by atoms with Crippen LogP contribution in [0.2, 0.25) is 0 Å². The van der Waals surface area contributed by atoms with Crippen LogP contribution in [0.25, 0.3) is 9.69 Å². The maximum absolute atomic E-state index is 7.35. The number of hydrogen-bond donors (Lipinski definition) is 0. The van der Waals surface area contributed by atoms with Gasteiger partial charge >= 0.3 is 0 Å². The second kappa shape index (κ2) is 7.86. The first kappa shape index (κ1) is 20.4. The van der Waals surface area contributed by atoms with Gasteiger partial charge in [0.15, 0.2) is 17.1 Å². The van der Waals surface area contributed by atoms with Crippen LogP contribution >= 0.6 is 0 Å². The molecule has 0 spiro atoms. The SMILES string of the molecule is [C-]#[N+]c1cc([N+]#[C-])cc(Oc2ccccc2N2c3ccccc3C(C)(C)c3ccccc32)c1. The molecule has 4 aromatic carbocycles. The van der Waals surface area contributed by atoms with E-state index in [9.17, 15) is 0 Å². The molecular formula is C29H21N3O. The van der Waals surface area contributed by atoms with Gasteiger partial charge in [0.05, 0.1) is 30.2 Å². The number of hydrogen-bond acceptors (Lipinski definition) is 2. The van der Waals surface area contributed by atoms with E-state index >= 15 is 0 Å². The van der Waals surface area contributed by atoms with Crippen molar-refractivity contribution in [3.8, 4) is 11.5 Å². The fourth-order valence-electron chi connectivity index (χ4n) is 4.54. The Balaban J connectivity index is 1.69. The lowest BCUT2D eigenvalue weighted by Crippen LogP contribution is -2.30. The van der Waals surface area contributed by atoms with Gasteiger partial charge in [-0.25, -0.2) is 9.69 Å². The normalized spacial score (nSPS) is 13.3. The lowest BCUT2D eigenvalue weighted by molar-refractivity contribution is 0.484. The van der Waals surface area contributed by atoms with Crippen molar-refractivity contribution in [2.45, 2.75) is 19.3 Å². The van der Waals surface area contributed by atoms with Gasteiger partial charge in [-0.2, -0.15) is 0 Å². The first-order chi connectivity index (χ1) is 16.0. The van der Waals surface area contributed by atoms with Gasteiger partial charge in [-0.15, -0.1) is 0 Å². The van der Waals surface area contributed by atoms with Crippen LogP contribution in [-0.2, 0) is 5.41 Å². The molecule has 33 heavy (non-hydrogen) atoms. The second-order valence-corrected chi connectivity index (χ2v) is 8.47. The van der Waals surface area contributed by atoms with Crippen molar-refractivity contribution in [1.29, 1.82) is 0 Å². The number of ether oxygens (including phenoxy) is 1. The Morgan fingerprint density at radius 2 is 1.15 bits per heavy atom. The van der Waals surface area contributed by atoms with Crippen LogP contribution in [-0.4, -0.2) is 0 Å². The van der Waals surface area contributed by atoms with E-state index in [0.717, 1.165) is 17.1 Å². The third-order valence-electron chi connectivity index (χ3n) is 6.10. The van der Waals surface area contributed by atoms with Gasteiger partial charge in [-0.3, -0.25) is 0 Å². The van der Waals surface area contributed by atoms with Gasteiger partial charge in [0.25, 0.3) is 0 Å². The quantitative estimate of drug-likeness (QED) is 0.305. The number of anilines is 3. The molecule has 0 amide bonds. The molecule has 0 saturated heterocycles. The van der Waals surface area contributed by atoms with E-state index < -0.39 is 0 Å². The molecule has 0 atom stereocenters. The minimum atomic E-state index is -0.145. The molecule has 4 nitrogen and oxygen atoms in total. The zero-order chi connectivity index (χ0) is 23.0. The number of rotatable bonds is 3. The molecule has 5 rings (SSSR count). The summed E-state index contributed by atoms with van der Waals surface area (Å²) in [4.78, 5) is 9.21. The van der Waals surface area contributed by atoms with Crippen LogP contribution < -0.4 is 9.64 Å². The van der Waals surface area contributed by atoms with Gasteiger partial charge in [0.1, 0.15) is 5.75 Å². The predicted octanol–water partition coefficient (Wildman–Crippen LogP) is 8.69. The van der Waals surface area contributed by atoms with Crippen molar-refractivity contribution in [3.05, 3.63) is 125 Å². The number of para-hydroxylation sites is 4. The van der Waals surface area contributed by atoms with Crippen LogP contribution in [0.4, 0.5) is 28.4 Å². The van der Waals surface area contributed by atoms with E-state index in [2.05, 4.69) is 77.0 Å². The largest absolute Gasteiger partial charge is 0.458 e. The molecule has 0 fully saturated rings. The molecule has 0 N–H and O–H groups in total. The van der Waals surface area contributed by atoms with Crippen LogP contribution in [0.1, 0.15) is 25.0 Å². The molecule has 0 bridgehead atoms. The molecule has 1 heterocycles. The standard InChI is InChI=1S/C29H21N3O/c1-29(2)23-11-5-7-13-25(23)32(26-14-8-6-12-24(26)29)27-15-9-10-16-28(27)33-22-18-20(30-3)17-21(19-22)31-4/h5-19H,1-2H3. The Hall–Kier alpha value is -4.54. The highest BCUT2D eigenvalue weighted by Crippen LogP contribution is 2.53. The molecular weight excluding hydrogens is 406 g/mol. The summed E-state index contributed by atoms with van der Waals surface area (Å²) in [5, 5.41) is 0. The van der Waals surface area contributed by atoms with E-state index in [1.54, 1.807) is 18.2 Å². The summed E-state index contributed by atoms with van der Waals surface area (Å²) < 4.78 is 6.30. The van der Waals surface area contributed by atoms with Gasteiger partial charge in [0.2, 0.25) is 0 Å². The summed E-state index contributed by atoms with van der Waals surface area (Å²) in [7, 11) is 0. The Kier molecular flexibility index (Phi) is 4.85. The number of benzene rings is 4. The molecule has 0 aliphatic carbocycles. The Morgan fingerprint density at radius 1 is 0.667 bits per heavy atom. The third-order valence-corrected chi connectivity index (χ3v) is 6.10. The summed E-state index contributed by atoms with van der Waals surface area (Å²) in [6.45, 7) is 19.2. The van der Waals surface area contributed by atoms with Crippen LogP contribution in [0.3, 0.4) is 0 Å². The fourth-order valence-corrected chi connectivity index (χ4v) is 4.54. The minimum absolute atomic E-state index is 0.145. The molecule has 158 valence electrons. The van der Waals surface area contributed by atoms with Crippen molar-refractivity contribution in [1.82, 2.24) is 0 Å². The molecule has 0 unspecified atom stereocenters. The Morgan fingerprint density at radius 3 is 1.70 bits per heavy atom. The van der Waals surface area contributed by atoms with Crippen molar-refractivity contribution in [2.75, 3.05) is 4.90 Å². The van der Waals surface area contributed by atoms with Crippen molar-refractivity contribution in [2.24, 2.45) is 0 Å². The van der Waals surface area contributed by atoms with Crippen LogP contribution in [0.15, 0.2) is 91.0 Å². The van der Waals surface area contributed by atoms with Crippen LogP contribution in [0.5, 0.6) is 11.5 Å². The molecule has 1 aliphatic rings. The topological polar surface area (TPSA) is 21.2 Å². The Labute approximate surface area is 194 Å². The monoisotopic (exact) mass is 427 g/mol. The van der Waals surface area contributed by atoms with E-state index in [-0.39, 0.29) is 5.41 Å². The molecule has 0 saturated carbocycles. The van der Waals surface area contributed by atoms with E-state index in [1.165, 1.54) is 11.1 Å². The fraction of sp³-hybridized carbons (Fsp3) is 0.103. The maximum Gasteiger partial charge on any atom is 0.180 e.